The highest BCUT2D eigenvalue weighted by Crippen LogP contribution is 2.27. The maximum Gasteiger partial charge on any atom is 0.134 e. The molecule has 0 aliphatic heterocycles. The minimum Gasteiger partial charge on any atom is -0.465 e. The number of rotatable bonds is 4. The van der Waals surface area contributed by atoms with Crippen molar-refractivity contribution in [3.63, 3.8) is 0 Å². The van der Waals surface area contributed by atoms with Gasteiger partial charge in [0, 0.05) is 0 Å². The molecule has 4 rings (SSSR count). The van der Waals surface area contributed by atoms with Crippen LogP contribution >= 0.6 is 12.4 Å². The van der Waals surface area contributed by atoms with Gasteiger partial charge in [0.2, 0.25) is 0 Å². The van der Waals surface area contributed by atoms with Gasteiger partial charge in [-0.05, 0) is 48.9 Å². The molecule has 0 radical (unpaired) electrons. The Morgan fingerprint density at radius 1 is 0.920 bits per heavy atom. The smallest absolute Gasteiger partial charge is 0.134 e. The van der Waals surface area contributed by atoms with Crippen LogP contribution in [-0.2, 0) is 0 Å². The van der Waals surface area contributed by atoms with Crippen LogP contribution in [0.5, 0.6) is 0 Å². The maximum atomic E-state index is 5.39. The van der Waals surface area contributed by atoms with Crippen molar-refractivity contribution in [2.45, 2.75) is 13.0 Å². The molecular formula is C21H19ClN2O. The van der Waals surface area contributed by atoms with E-state index in [1.54, 1.807) is 6.26 Å². The first-order valence-electron chi connectivity index (χ1n) is 8.06. The summed E-state index contributed by atoms with van der Waals surface area (Å²) in [5.41, 5.74) is 3.39. The number of furan rings is 1. The lowest BCUT2D eigenvalue weighted by molar-refractivity contribution is 0.557. The summed E-state index contributed by atoms with van der Waals surface area (Å²) >= 11 is 0. The van der Waals surface area contributed by atoms with Crippen LogP contribution in [0.4, 0.5) is 0 Å². The summed E-state index contributed by atoms with van der Waals surface area (Å²) in [5, 5.41) is 0. The van der Waals surface area contributed by atoms with Gasteiger partial charge in [0.25, 0.3) is 0 Å². The van der Waals surface area contributed by atoms with Crippen molar-refractivity contribution in [2.75, 3.05) is 0 Å². The van der Waals surface area contributed by atoms with Crippen molar-refractivity contribution in [2.24, 2.45) is 0 Å². The van der Waals surface area contributed by atoms with E-state index in [2.05, 4.69) is 47.9 Å². The lowest BCUT2D eigenvalue weighted by atomic mass is 10.1. The molecule has 0 spiro atoms. The summed E-state index contributed by atoms with van der Waals surface area (Å²) in [6.45, 7) is 2.20. The third kappa shape index (κ3) is 3.37. The minimum absolute atomic E-state index is 0. The highest BCUT2D eigenvalue weighted by atomic mass is 35.5. The second-order valence-corrected chi connectivity index (χ2v) is 5.76. The first-order valence-corrected chi connectivity index (χ1v) is 8.06. The van der Waals surface area contributed by atoms with Crippen LogP contribution in [0.2, 0.25) is 0 Å². The van der Waals surface area contributed by atoms with Crippen molar-refractivity contribution in [3.8, 4) is 0 Å². The lowest BCUT2D eigenvalue weighted by Crippen LogP contribution is -2.08. The Morgan fingerprint density at radius 3 is 2.44 bits per heavy atom. The normalized spacial score (nSPS) is 12.4. The molecule has 1 unspecified atom stereocenters. The first kappa shape index (κ1) is 17.1. The third-order valence-corrected chi connectivity index (χ3v) is 4.23. The van der Waals surface area contributed by atoms with Gasteiger partial charge >= 0.3 is 0 Å². The second-order valence-electron chi connectivity index (χ2n) is 5.76. The molecule has 0 saturated heterocycles. The van der Waals surface area contributed by atoms with Gasteiger partial charge in [-0.3, -0.25) is 0 Å². The van der Waals surface area contributed by atoms with Gasteiger partial charge in [-0.1, -0.05) is 42.5 Å². The quantitative estimate of drug-likeness (QED) is 0.463. The molecule has 0 bridgehead atoms. The molecule has 3 nitrogen and oxygen atoms in total. The molecule has 4 aromatic rings. The molecule has 0 fully saturated rings. The number of hydrogen-bond acceptors (Lipinski definition) is 2. The van der Waals surface area contributed by atoms with E-state index in [0.717, 1.165) is 22.6 Å². The molecule has 0 aliphatic carbocycles. The molecule has 0 saturated carbocycles. The highest BCUT2D eigenvalue weighted by molar-refractivity contribution is 5.85. The number of fused-ring (bicyclic) bond motifs is 1. The zero-order chi connectivity index (χ0) is 16.4. The highest BCUT2D eigenvalue weighted by Gasteiger charge is 2.15. The molecule has 2 heterocycles. The topological polar surface area (TPSA) is 31.0 Å². The molecular weight excluding hydrogens is 332 g/mol. The number of para-hydroxylation sites is 2. The molecule has 4 heteroatoms. The van der Waals surface area contributed by atoms with Crippen LogP contribution in [0.3, 0.4) is 0 Å². The van der Waals surface area contributed by atoms with Crippen molar-refractivity contribution < 1.29 is 4.42 Å². The molecule has 2 aromatic heterocycles. The van der Waals surface area contributed by atoms with Crippen LogP contribution in [0.25, 0.3) is 23.2 Å². The van der Waals surface area contributed by atoms with E-state index in [4.69, 9.17) is 9.40 Å². The van der Waals surface area contributed by atoms with E-state index in [0.29, 0.717) is 0 Å². The monoisotopic (exact) mass is 350 g/mol. The average Bonchev–Trinajstić information content (AvgIpc) is 3.27. The summed E-state index contributed by atoms with van der Waals surface area (Å²) in [5.74, 6) is 1.74. The van der Waals surface area contributed by atoms with Crippen LogP contribution < -0.4 is 0 Å². The number of aromatic nitrogens is 2. The predicted octanol–water partition coefficient (Wildman–Crippen LogP) is 5.83. The first-order chi connectivity index (χ1) is 11.8. The van der Waals surface area contributed by atoms with Gasteiger partial charge in [0.05, 0.1) is 23.3 Å². The minimum atomic E-state index is 0. The van der Waals surface area contributed by atoms with E-state index in [9.17, 15) is 0 Å². The van der Waals surface area contributed by atoms with E-state index in [-0.39, 0.29) is 18.4 Å². The number of nitrogens with zero attached hydrogens (tertiary/aromatic N) is 2. The molecule has 0 amide bonds. The summed E-state index contributed by atoms with van der Waals surface area (Å²) < 4.78 is 7.66. The second kappa shape index (κ2) is 7.41. The Bertz CT molecular complexity index is 972. The average molecular weight is 351 g/mol. The zero-order valence-corrected chi connectivity index (χ0v) is 14.7. The Hall–Kier alpha value is -2.78. The third-order valence-electron chi connectivity index (χ3n) is 4.23. The molecule has 0 aliphatic rings. The van der Waals surface area contributed by atoms with Gasteiger partial charge in [-0.2, -0.15) is 0 Å². The fourth-order valence-electron chi connectivity index (χ4n) is 3.01. The van der Waals surface area contributed by atoms with Gasteiger partial charge in [0.1, 0.15) is 11.6 Å². The Labute approximate surface area is 153 Å². The fourth-order valence-corrected chi connectivity index (χ4v) is 3.01. The van der Waals surface area contributed by atoms with Crippen LogP contribution in [0.1, 0.15) is 30.1 Å². The van der Waals surface area contributed by atoms with Gasteiger partial charge in [-0.25, -0.2) is 4.98 Å². The predicted molar refractivity (Wildman–Crippen MR) is 105 cm³/mol. The Kier molecular flexibility index (Phi) is 5.05. The van der Waals surface area contributed by atoms with Crippen molar-refractivity contribution in [1.82, 2.24) is 9.55 Å². The van der Waals surface area contributed by atoms with Crippen LogP contribution in [-0.4, -0.2) is 9.55 Å². The molecule has 0 N–H and O–H groups in total. The summed E-state index contributed by atoms with van der Waals surface area (Å²) in [7, 11) is 0. The fraction of sp³-hybridized carbons (Fsp3) is 0.0952. The zero-order valence-electron chi connectivity index (χ0n) is 13.9. The van der Waals surface area contributed by atoms with Crippen LogP contribution in [0, 0.1) is 0 Å². The molecule has 126 valence electrons. The van der Waals surface area contributed by atoms with Gasteiger partial charge < -0.3 is 8.98 Å². The Morgan fingerprint density at radius 2 is 1.68 bits per heavy atom. The largest absolute Gasteiger partial charge is 0.465 e. The van der Waals surface area contributed by atoms with E-state index < -0.39 is 0 Å². The van der Waals surface area contributed by atoms with Crippen LogP contribution in [0.15, 0.2) is 77.4 Å². The van der Waals surface area contributed by atoms with Gasteiger partial charge in [0.15, 0.2) is 0 Å². The Balaban J connectivity index is 0.00000182. The summed E-state index contributed by atoms with van der Waals surface area (Å²) in [6, 6.07) is 22.7. The van der Waals surface area contributed by atoms with E-state index in [1.807, 2.05) is 42.5 Å². The lowest BCUT2D eigenvalue weighted by Gasteiger charge is -2.17. The molecule has 1 atom stereocenters. The number of imidazole rings is 1. The van der Waals surface area contributed by atoms with Crippen molar-refractivity contribution in [3.05, 3.63) is 90.1 Å². The number of halogens is 1. The van der Waals surface area contributed by atoms with Gasteiger partial charge in [-0.15, -0.1) is 12.4 Å². The van der Waals surface area contributed by atoms with Crippen molar-refractivity contribution >= 4 is 35.6 Å². The number of hydrogen-bond donors (Lipinski definition) is 0. The summed E-state index contributed by atoms with van der Waals surface area (Å²) in [4.78, 5) is 4.79. The van der Waals surface area contributed by atoms with E-state index in [1.165, 1.54) is 5.56 Å². The molecule has 25 heavy (non-hydrogen) atoms. The number of benzene rings is 2. The van der Waals surface area contributed by atoms with E-state index >= 15 is 0 Å². The molecule has 2 aromatic carbocycles. The SMILES string of the molecule is CC(c1ccccc1)n1c(/C=C/c2ccco2)nc2ccccc21.Cl. The maximum absolute atomic E-state index is 5.39. The van der Waals surface area contributed by atoms with Crippen molar-refractivity contribution in [1.29, 1.82) is 0 Å². The summed E-state index contributed by atoms with van der Waals surface area (Å²) in [6.07, 6.45) is 5.64. The standard InChI is InChI=1S/C21H18N2O.ClH/c1-16(17-8-3-2-4-9-17)23-20-12-6-5-11-19(20)22-21(23)14-13-18-10-7-15-24-18;/h2-16H,1H3;1H/b14-13+;.